The van der Waals surface area contributed by atoms with E-state index >= 15 is 0 Å². The molecule has 0 radical (unpaired) electrons. The Labute approximate surface area is 155 Å². The maximum Gasteiger partial charge on any atom is 0.319 e. The van der Waals surface area contributed by atoms with Crippen LogP contribution in [0.3, 0.4) is 0 Å². The molecule has 130 valence electrons. The molecule has 0 aliphatic rings. The predicted molar refractivity (Wildman–Crippen MR) is 101 cm³/mol. The van der Waals surface area contributed by atoms with Gasteiger partial charge in [-0.3, -0.25) is 4.98 Å². The second-order valence-electron chi connectivity index (χ2n) is 5.31. The van der Waals surface area contributed by atoms with Crippen LogP contribution in [0, 0.1) is 11.3 Å². The fourth-order valence-electron chi connectivity index (χ4n) is 2.40. The molecule has 3 N–H and O–H groups in total. The predicted octanol–water partition coefficient (Wildman–Crippen LogP) is 3.39. The van der Waals surface area contributed by atoms with Crippen molar-refractivity contribution in [1.82, 2.24) is 15.3 Å². The van der Waals surface area contributed by atoms with Crippen LogP contribution in [0.2, 0.25) is 5.02 Å². The molecule has 3 aromatic rings. The molecule has 2 heterocycles. The minimum atomic E-state index is -0.383. The van der Waals surface area contributed by atoms with Crippen LogP contribution in [-0.2, 0) is 0 Å². The number of aromatic nitrogens is 2. The number of halogens is 1. The smallest absolute Gasteiger partial charge is 0.319 e. The van der Waals surface area contributed by atoms with Crippen molar-refractivity contribution in [3.05, 3.63) is 59.4 Å². The number of nitrogens with one attached hydrogen (secondary N) is 3. The van der Waals surface area contributed by atoms with E-state index in [-0.39, 0.29) is 6.03 Å². The molecule has 0 aliphatic carbocycles. The molecule has 1 aromatic carbocycles. The Bertz CT molecular complexity index is 985. The molecular formula is C18H15ClN6O. The van der Waals surface area contributed by atoms with E-state index in [1.807, 2.05) is 6.07 Å². The van der Waals surface area contributed by atoms with Crippen LogP contribution < -0.4 is 16.0 Å². The summed E-state index contributed by atoms with van der Waals surface area (Å²) in [6.07, 6.45) is 3.28. The van der Waals surface area contributed by atoms with Crippen LogP contribution in [0.4, 0.5) is 16.3 Å². The standard InChI is InChI=1S/C18H15ClN6O/c19-14-5-6-15-13(4-2-7-21-15)16(14)25-18(26)24-10-9-23-17-12(11-20)3-1-8-22-17/h1-8H,9-10H2,(H,22,23)(H2,24,25,26). The molecule has 0 saturated heterocycles. The van der Waals surface area contributed by atoms with Crippen molar-refractivity contribution >= 4 is 40.0 Å². The number of benzene rings is 1. The Morgan fingerprint density at radius 2 is 1.92 bits per heavy atom. The first-order valence-electron chi connectivity index (χ1n) is 7.86. The monoisotopic (exact) mass is 366 g/mol. The van der Waals surface area contributed by atoms with E-state index in [1.165, 1.54) is 0 Å². The fourth-order valence-corrected chi connectivity index (χ4v) is 2.62. The molecule has 3 rings (SSSR count). The van der Waals surface area contributed by atoms with Crippen LogP contribution >= 0.6 is 11.6 Å². The zero-order valence-corrected chi connectivity index (χ0v) is 14.4. The Hall–Kier alpha value is -3.37. The van der Waals surface area contributed by atoms with E-state index in [1.54, 1.807) is 42.7 Å². The summed E-state index contributed by atoms with van der Waals surface area (Å²) < 4.78 is 0. The number of fused-ring (bicyclic) bond motifs is 1. The topological polar surface area (TPSA) is 103 Å². The van der Waals surface area contributed by atoms with Gasteiger partial charge in [-0.15, -0.1) is 0 Å². The molecule has 0 aliphatic heterocycles. The van der Waals surface area contributed by atoms with Crippen molar-refractivity contribution in [3.8, 4) is 6.07 Å². The van der Waals surface area contributed by atoms with E-state index in [9.17, 15) is 4.79 Å². The Balaban J connectivity index is 1.57. The van der Waals surface area contributed by atoms with Gasteiger partial charge in [0.25, 0.3) is 0 Å². The lowest BCUT2D eigenvalue weighted by atomic mass is 10.2. The normalized spacial score (nSPS) is 10.2. The Morgan fingerprint density at radius 1 is 1.12 bits per heavy atom. The lowest BCUT2D eigenvalue weighted by Crippen LogP contribution is -2.33. The highest BCUT2D eigenvalue weighted by atomic mass is 35.5. The summed E-state index contributed by atoms with van der Waals surface area (Å²) >= 11 is 6.20. The molecule has 26 heavy (non-hydrogen) atoms. The molecule has 0 atom stereocenters. The Morgan fingerprint density at radius 3 is 2.77 bits per heavy atom. The van der Waals surface area contributed by atoms with E-state index in [2.05, 4.69) is 32.0 Å². The number of hydrogen-bond donors (Lipinski definition) is 3. The number of nitrogens with zero attached hydrogens (tertiary/aromatic N) is 3. The number of anilines is 2. The highest BCUT2D eigenvalue weighted by Gasteiger charge is 2.10. The molecule has 2 amide bonds. The highest BCUT2D eigenvalue weighted by Crippen LogP contribution is 2.29. The molecule has 8 heteroatoms. The second-order valence-corrected chi connectivity index (χ2v) is 5.72. The van der Waals surface area contributed by atoms with Crippen molar-refractivity contribution in [2.75, 3.05) is 23.7 Å². The number of carbonyl (C=O) groups is 1. The first-order chi connectivity index (χ1) is 12.7. The molecule has 0 spiro atoms. The van der Waals surface area contributed by atoms with Gasteiger partial charge in [0, 0.05) is 30.9 Å². The third kappa shape index (κ3) is 3.99. The van der Waals surface area contributed by atoms with E-state index in [4.69, 9.17) is 16.9 Å². The van der Waals surface area contributed by atoms with Gasteiger partial charge in [0.15, 0.2) is 0 Å². The lowest BCUT2D eigenvalue weighted by Gasteiger charge is -2.12. The summed E-state index contributed by atoms with van der Waals surface area (Å²) in [5.74, 6) is 0.486. The second kappa shape index (κ2) is 8.14. The van der Waals surface area contributed by atoms with Gasteiger partial charge in [-0.1, -0.05) is 11.6 Å². The van der Waals surface area contributed by atoms with Crippen LogP contribution in [0.5, 0.6) is 0 Å². The first-order valence-corrected chi connectivity index (χ1v) is 8.24. The lowest BCUT2D eigenvalue weighted by molar-refractivity contribution is 0.252. The van der Waals surface area contributed by atoms with Crippen LogP contribution in [0.1, 0.15) is 5.56 Å². The van der Waals surface area contributed by atoms with Gasteiger partial charge in [0.2, 0.25) is 0 Å². The molecule has 0 saturated carbocycles. The maximum absolute atomic E-state index is 12.1. The zero-order chi connectivity index (χ0) is 18.4. The number of rotatable bonds is 5. The summed E-state index contributed by atoms with van der Waals surface area (Å²) in [6.45, 7) is 0.762. The Kier molecular flexibility index (Phi) is 5.46. The average molecular weight is 367 g/mol. The summed E-state index contributed by atoms with van der Waals surface area (Å²) in [5, 5.41) is 18.7. The summed E-state index contributed by atoms with van der Waals surface area (Å²) in [4.78, 5) is 20.5. The van der Waals surface area contributed by atoms with Crippen molar-refractivity contribution in [3.63, 3.8) is 0 Å². The molecule has 7 nitrogen and oxygen atoms in total. The number of amides is 2. The molecule has 0 bridgehead atoms. The molecule has 2 aromatic heterocycles. The minimum Gasteiger partial charge on any atom is -0.367 e. The summed E-state index contributed by atoms with van der Waals surface area (Å²) in [7, 11) is 0. The number of nitriles is 1. The van der Waals surface area contributed by atoms with Gasteiger partial charge >= 0.3 is 6.03 Å². The van der Waals surface area contributed by atoms with Crippen molar-refractivity contribution in [1.29, 1.82) is 5.26 Å². The van der Waals surface area contributed by atoms with Gasteiger partial charge < -0.3 is 16.0 Å². The van der Waals surface area contributed by atoms with Gasteiger partial charge in [-0.05, 0) is 36.4 Å². The zero-order valence-electron chi connectivity index (χ0n) is 13.7. The van der Waals surface area contributed by atoms with Crippen molar-refractivity contribution < 1.29 is 4.79 Å². The largest absolute Gasteiger partial charge is 0.367 e. The number of urea groups is 1. The molecule has 0 fully saturated rings. The average Bonchev–Trinajstić information content (AvgIpc) is 2.68. The summed E-state index contributed by atoms with van der Waals surface area (Å²) in [5.41, 5.74) is 1.71. The maximum atomic E-state index is 12.1. The minimum absolute atomic E-state index is 0.341. The fraction of sp³-hybridized carbons (Fsp3) is 0.111. The SMILES string of the molecule is N#Cc1cccnc1NCCNC(=O)Nc1c(Cl)ccc2ncccc12. The molecule has 0 unspecified atom stereocenters. The van der Waals surface area contributed by atoms with Crippen molar-refractivity contribution in [2.45, 2.75) is 0 Å². The van der Waals surface area contributed by atoms with Crippen LogP contribution in [0.25, 0.3) is 10.9 Å². The quantitative estimate of drug-likeness (QED) is 0.600. The van der Waals surface area contributed by atoms with Gasteiger partial charge in [-0.2, -0.15) is 5.26 Å². The summed E-state index contributed by atoms with van der Waals surface area (Å²) in [6, 6.07) is 12.2. The highest BCUT2D eigenvalue weighted by molar-refractivity contribution is 6.35. The number of pyridine rings is 2. The molecular weight excluding hydrogens is 352 g/mol. The first kappa shape index (κ1) is 17.5. The van der Waals surface area contributed by atoms with E-state index < -0.39 is 0 Å². The van der Waals surface area contributed by atoms with E-state index in [0.29, 0.717) is 35.2 Å². The van der Waals surface area contributed by atoms with Crippen LogP contribution in [-0.4, -0.2) is 29.1 Å². The number of carbonyl (C=O) groups excluding carboxylic acids is 1. The third-order valence-electron chi connectivity index (χ3n) is 3.60. The van der Waals surface area contributed by atoms with Crippen molar-refractivity contribution in [2.24, 2.45) is 0 Å². The van der Waals surface area contributed by atoms with Crippen LogP contribution in [0.15, 0.2) is 48.8 Å². The van der Waals surface area contributed by atoms with Gasteiger partial charge in [0.05, 0.1) is 21.8 Å². The third-order valence-corrected chi connectivity index (χ3v) is 3.92. The number of hydrogen-bond acceptors (Lipinski definition) is 5. The van der Waals surface area contributed by atoms with E-state index in [0.717, 1.165) is 10.9 Å². The van der Waals surface area contributed by atoms with Gasteiger partial charge in [0.1, 0.15) is 11.9 Å². The van der Waals surface area contributed by atoms with Gasteiger partial charge in [-0.25, -0.2) is 9.78 Å².